The van der Waals surface area contributed by atoms with Crippen molar-refractivity contribution in [2.75, 3.05) is 0 Å². The third-order valence-corrected chi connectivity index (χ3v) is 7.51. The molecule has 0 aromatic rings. The molecule has 0 aromatic carbocycles. The van der Waals surface area contributed by atoms with Crippen LogP contribution in [-0.2, 0) is 4.79 Å². The van der Waals surface area contributed by atoms with Crippen molar-refractivity contribution in [1.82, 2.24) is 0 Å². The van der Waals surface area contributed by atoms with Gasteiger partial charge in [-0.05, 0) is 73.8 Å². The highest BCUT2D eigenvalue weighted by atomic mass is 16.3. The first kappa shape index (κ1) is 13.8. The molecule has 0 amide bonds. The van der Waals surface area contributed by atoms with Crippen molar-refractivity contribution in [3.63, 3.8) is 0 Å². The van der Waals surface area contributed by atoms with Crippen molar-refractivity contribution in [3.8, 4) is 0 Å². The third kappa shape index (κ3) is 1.72. The standard InChI is InChI=1S/C19H26O2/c1-18-9-7-13(20)11-12(18)3-4-14-15-5-6-17(21)19(15,2)10-8-16(14)18/h7,9,11,14-17,21H,3-6,8,10H2,1-2H3/t14?,15?,16?,17-,18?,19?/m1/s1. The molecule has 1 N–H and O–H groups in total. The molecule has 0 bridgehead atoms. The molecule has 4 aliphatic rings. The fraction of sp³-hybridized carbons (Fsp3) is 0.737. The lowest BCUT2D eigenvalue weighted by atomic mass is 9.48. The van der Waals surface area contributed by atoms with Crippen LogP contribution in [0.4, 0.5) is 0 Å². The van der Waals surface area contributed by atoms with E-state index in [9.17, 15) is 9.90 Å². The van der Waals surface area contributed by atoms with Gasteiger partial charge in [0.25, 0.3) is 0 Å². The summed E-state index contributed by atoms with van der Waals surface area (Å²) in [5.74, 6) is 2.22. The molecule has 5 unspecified atom stereocenters. The van der Waals surface area contributed by atoms with E-state index >= 15 is 0 Å². The molecule has 2 heteroatoms. The summed E-state index contributed by atoms with van der Waals surface area (Å²) in [6.45, 7) is 4.66. The summed E-state index contributed by atoms with van der Waals surface area (Å²) >= 11 is 0. The van der Waals surface area contributed by atoms with E-state index < -0.39 is 0 Å². The summed E-state index contributed by atoms with van der Waals surface area (Å²) < 4.78 is 0. The van der Waals surface area contributed by atoms with Crippen LogP contribution in [0.2, 0.25) is 0 Å². The van der Waals surface area contributed by atoms with Gasteiger partial charge in [0.05, 0.1) is 6.10 Å². The molecule has 0 heterocycles. The molecular weight excluding hydrogens is 260 g/mol. The van der Waals surface area contributed by atoms with Crippen LogP contribution in [0.25, 0.3) is 0 Å². The van der Waals surface area contributed by atoms with Crippen molar-refractivity contribution in [2.24, 2.45) is 28.6 Å². The molecule has 21 heavy (non-hydrogen) atoms. The quantitative estimate of drug-likeness (QED) is 0.738. The zero-order valence-corrected chi connectivity index (χ0v) is 13.1. The Hall–Kier alpha value is -0.890. The van der Waals surface area contributed by atoms with Gasteiger partial charge in [-0.2, -0.15) is 0 Å². The third-order valence-electron chi connectivity index (χ3n) is 7.51. The van der Waals surface area contributed by atoms with Gasteiger partial charge in [-0.25, -0.2) is 0 Å². The molecule has 3 fully saturated rings. The van der Waals surface area contributed by atoms with Gasteiger partial charge >= 0.3 is 0 Å². The van der Waals surface area contributed by atoms with Crippen LogP contribution in [0.5, 0.6) is 0 Å². The lowest BCUT2D eigenvalue weighted by molar-refractivity contribution is -0.111. The van der Waals surface area contributed by atoms with Crippen LogP contribution < -0.4 is 0 Å². The number of fused-ring (bicyclic) bond motifs is 5. The molecule has 0 aromatic heterocycles. The second kappa shape index (κ2) is 4.32. The maximum Gasteiger partial charge on any atom is 0.178 e. The minimum Gasteiger partial charge on any atom is -0.393 e. The first-order valence-corrected chi connectivity index (χ1v) is 8.57. The zero-order chi connectivity index (χ0) is 14.8. The van der Waals surface area contributed by atoms with Gasteiger partial charge in [-0.15, -0.1) is 0 Å². The second-order valence-electron chi connectivity index (χ2n) is 8.24. The molecule has 4 rings (SSSR count). The van der Waals surface area contributed by atoms with E-state index in [1.54, 1.807) is 6.08 Å². The Bertz CT molecular complexity index is 546. The predicted octanol–water partition coefficient (Wildman–Crippen LogP) is 3.66. The number of ketones is 1. The summed E-state index contributed by atoms with van der Waals surface area (Å²) in [4.78, 5) is 11.7. The molecule has 0 saturated heterocycles. The van der Waals surface area contributed by atoms with Crippen molar-refractivity contribution >= 4 is 5.78 Å². The van der Waals surface area contributed by atoms with E-state index in [4.69, 9.17) is 0 Å². The second-order valence-corrected chi connectivity index (χ2v) is 8.24. The maximum absolute atomic E-state index is 11.7. The highest BCUT2D eigenvalue weighted by molar-refractivity contribution is 6.01. The number of aliphatic hydroxyl groups is 1. The molecule has 2 nitrogen and oxygen atoms in total. The van der Waals surface area contributed by atoms with Crippen LogP contribution in [0, 0.1) is 28.6 Å². The molecule has 0 aliphatic heterocycles. The van der Waals surface area contributed by atoms with Gasteiger partial charge in [0.2, 0.25) is 0 Å². The number of aliphatic hydroxyl groups excluding tert-OH is 1. The van der Waals surface area contributed by atoms with Gasteiger partial charge in [0.15, 0.2) is 5.78 Å². The smallest absolute Gasteiger partial charge is 0.178 e. The van der Waals surface area contributed by atoms with Gasteiger partial charge in [-0.1, -0.05) is 25.5 Å². The zero-order valence-electron chi connectivity index (χ0n) is 13.1. The summed E-state index contributed by atoms with van der Waals surface area (Å²) in [7, 11) is 0. The topological polar surface area (TPSA) is 37.3 Å². The number of carbonyl (C=O) groups excluding carboxylic acids is 1. The lowest BCUT2D eigenvalue weighted by Crippen LogP contribution is -2.50. The van der Waals surface area contributed by atoms with E-state index in [1.807, 2.05) is 6.08 Å². The Morgan fingerprint density at radius 3 is 2.76 bits per heavy atom. The first-order valence-electron chi connectivity index (χ1n) is 8.57. The Morgan fingerprint density at radius 2 is 1.95 bits per heavy atom. The summed E-state index contributed by atoms with van der Waals surface area (Å²) in [5.41, 5.74) is 1.59. The van der Waals surface area contributed by atoms with Crippen molar-refractivity contribution in [2.45, 2.75) is 58.5 Å². The average Bonchev–Trinajstić information content (AvgIpc) is 2.76. The molecule has 3 saturated carbocycles. The van der Waals surface area contributed by atoms with Gasteiger partial charge in [0, 0.05) is 5.41 Å². The molecule has 4 aliphatic carbocycles. The fourth-order valence-electron chi connectivity index (χ4n) is 6.17. The van der Waals surface area contributed by atoms with Crippen LogP contribution in [0.1, 0.15) is 52.4 Å². The SMILES string of the molecule is CC12C=CC(=O)C=C1CCC1C2CCC2(C)C1CC[C@H]2O. The molecule has 6 atom stereocenters. The van der Waals surface area contributed by atoms with E-state index in [2.05, 4.69) is 19.9 Å². The summed E-state index contributed by atoms with van der Waals surface area (Å²) in [6, 6.07) is 0. The van der Waals surface area contributed by atoms with Gasteiger partial charge in [0.1, 0.15) is 0 Å². The van der Waals surface area contributed by atoms with E-state index in [0.29, 0.717) is 11.8 Å². The lowest BCUT2D eigenvalue weighted by Gasteiger charge is -2.56. The average molecular weight is 286 g/mol. The van der Waals surface area contributed by atoms with E-state index in [0.717, 1.165) is 25.2 Å². The Labute approximate surface area is 127 Å². The minimum absolute atomic E-state index is 0.0890. The highest BCUT2D eigenvalue weighted by Crippen LogP contribution is 2.64. The van der Waals surface area contributed by atoms with E-state index in [-0.39, 0.29) is 22.7 Å². The summed E-state index contributed by atoms with van der Waals surface area (Å²) in [5, 5.41) is 10.4. The largest absolute Gasteiger partial charge is 0.393 e. The van der Waals surface area contributed by atoms with E-state index in [1.165, 1.54) is 24.8 Å². The normalized spacial score (nSPS) is 52.0. The number of carbonyl (C=O) groups is 1. The monoisotopic (exact) mass is 286 g/mol. The van der Waals surface area contributed by atoms with Crippen LogP contribution in [-0.4, -0.2) is 17.0 Å². The maximum atomic E-state index is 11.7. The number of hydrogen-bond donors (Lipinski definition) is 1. The molecule has 0 spiro atoms. The van der Waals surface area contributed by atoms with Crippen LogP contribution in [0.15, 0.2) is 23.8 Å². The highest BCUT2D eigenvalue weighted by Gasteiger charge is 2.58. The molecular formula is C19H26O2. The number of allylic oxidation sites excluding steroid dienone is 4. The predicted molar refractivity (Wildman–Crippen MR) is 82.6 cm³/mol. The Morgan fingerprint density at radius 1 is 1.14 bits per heavy atom. The Balaban J connectivity index is 1.70. The number of hydrogen-bond acceptors (Lipinski definition) is 2. The number of rotatable bonds is 0. The van der Waals surface area contributed by atoms with Crippen molar-refractivity contribution < 1.29 is 9.90 Å². The fourth-order valence-corrected chi connectivity index (χ4v) is 6.17. The van der Waals surface area contributed by atoms with Crippen LogP contribution in [0.3, 0.4) is 0 Å². The van der Waals surface area contributed by atoms with Gasteiger partial charge < -0.3 is 5.11 Å². The van der Waals surface area contributed by atoms with Crippen molar-refractivity contribution in [3.05, 3.63) is 23.8 Å². The Kier molecular flexibility index (Phi) is 2.83. The summed E-state index contributed by atoms with van der Waals surface area (Å²) in [6.07, 6.45) is 12.6. The minimum atomic E-state index is -0.100. The van der Waals surface area contributed by atoms with Gasteiger partial charge in [-0.3, -0.25) is 4.79 Å². The molecule has 0 radical (unpaired) electrons. The first-order chi connectivity index (χ1) is 9.95. The van der Waals surface area contributed by atoms with Crippen LogP contribution >= 0.6 is 0 Å². The van der Waals surface area contributed by atoms with Crippen molar-refractivity contribution in [1.29, 1.82) is 0 Å². The molecule has 114 valence electrons.